The molecule has 0 saturated heterocycles. The highest BCUT2D eigenvalue weighted by Gasteiger charge is 2.00. The third-order valence-corrected chi connectivity index (χ3v) is 3.11. The Morgan fingerprint density at radius 2 is 1.72 bits per heavy atom. The van der Waals surface area contributed by atoms with E-state index in [9.17, 15) is 5.11 Å². The molecule has 0 saturated carbocycles. The van der Waals surface area contributed by atoms with E-state index >= 15 is 0 Å². The molecule has 2 aromatic carbocycles. The number of phenols is 1. The highest BCUT2D eigenvalue weighted by molar-refractivity contribution is 5.85. The van der Waals surface area contributed by atoms with Gasteiger partial charge in [0, 0.05) is 11.8 Å². The lowest BCUT2D eigenvalue weighted by Gasteiger charge is -2.03. The Bertz CT molecular complexity index is 600. The Balaban J connectivity index is 2.30. The smallest absolute Gasteiger partial charge is 0.127 e. The molecule has 0 fully saturated rings. The van der Waals surface area contributed by atoms with Gasteiger partial charge in [-0.3, -0.25) is 4.99 Å². The zero-order chi connectivity index (χ0) is 13.1. The summed E-state index contributed by atoms with van der Waals surface area (Å²) in [7, 11) is 0. The minimum atomic E-state index is 0.296. The van der Waals surface area contributed by atoms with Gasteiger partial charge in [0.1, 0.15) is 5.75 Å². The lowest BCUT2D eigenvalue weighted by atomic mass is 10.1. The third-order valence-electron chi connectivity index (χ3n) is 3.11. The lowest BCUT2D eigenvalue weighted by Crippen LogP contribution is -1.85. The molecule has 92 valence electrons. The number of para-hydroxylation sites is 1. The summed E-state index contributed by atoms with van der Waals surface area (Å²) < 4.78 is 0. The summed E-state index contributed by atoms with van der Waals surface area (Å²) in [6, 6.07) is 11.7. The van der Waals surface area contributed by atoms with E-state index in [0.717, 1.165) is 16.8 Å². The van der Waals surface area contributed by atoms with Crippen molar-refractivity contribution in [2.24, 2.45) is 4.99 Å². The fraction of sp³-hybridized carbons (Fsp3) is 0.188. The maximum Gasteiger partial charge on any atom is 0.127 e. The minimum Gasteiger partial charge on any atom is -0.507 e. The number of rotatable bonds is 2. The highest BCUT2D eigenvalue weighted by Crippen LogP contribution is 2.21. The largest absolute Gasteiger partial charge is 0.507 e. The predicted octanol–water partition coefficient (Wildman–Crippen LogP) is 4.07. The van der Waals surface area contributed by atoms with Gasteiger partial charge in [0.2, 0.25) is 0 Å². The molecule has 0 heterocycles. The maximum atomic E-state index is 9.88. The first kappa shape index (κ1) is 12.4. The summed E-state index contributed by atoms with van der Waals surface area (Å²) in [4.78, 5) is 4.40. The SMILES string of the molecule is Cc1ccc(N=Cc2cccc(C)c2O)cc1C. The molecular weight excluding hydrogens is 222 g/mol. The average molecular weight is 239 g/mol. The van der Waals surface area contributed by atoms with Gasteiger partial charge in [0.15, 0.2) is 0 Å². The first-order valence-electron chi connectivity index (χ1n) is 5.98. The van der Waals surface area contributed by atoms with Crippen molar-refractivity contribution in [3.8, 4) is 5.75 Å². The van der Waals surface area contributed by atoms with E-state index in [4.69, 9.17) is 0 Å². The number of aryl methyl sites for hydroxylation is 3. The molecule has 0 radical (unpaired) electrons. The van der Waals surface area contributed by atoms with Gasteiger partial charge in [-0.25, -0.2) is 0 Å². The molecule has 0 atom stereocenters. The predicted molar refractivity (Wildman–Crippen MR) is 76.0 cm³/mol. The second kappa shape index (κ2) is 5.05. The molecule has 2 rings (SSSR count). The van der Waals surface area contributed by atoms with E-state index in [1.807, 2.05) is 37.3 Å². The van der Waals surface area contributed by atoms with E-state index in [2.05, 4.69) is 24.9 Å². The number of nitrogens with zero attached hydrogens (tertiary/aromatic N) is 1. The van der Waals surface area contributed by atoms with Crippen molar-refractivity contribution in [3.05, 3.63) is 58.7 Å². The lowest BCUT2D eigenvalue weighted by molar-refractivity contribution is 0.470. The number of aliphatic imine (C=N–C) groups is 1. The van der Waals surface area contributed by atoms with Gasteiger partial charge in [0.25, 0.3) is 0 Å². The van der Waals surface area contributed by atoms with E-state index in [0.29, 0.717) is 5.75 Å². The van der Waals surface area contributed by atoms with E-state index in [-0.39, 0.29) is 0 Å². The van der Waals surface area contributed by atoms with Crippen LogP contribution in [-0.4, -0.2) is 11.3 Å². The maximum absolute atomic E-state index is 9.88. The molecule has 0 aromatic heterocycles. The summed E-state index contributed by atoms with van der Waals surface area (Å²) >= 11 is 0. The summed E-state index contributed by atoms with van der Waals surface area (Å²) in [5.41, 5.74) is 4.98. The molecule has 0 aliphatic carbocycles. The molecule has 2 heteroatoms. The fourth-order valence-corrected chi connectivity index (χ4v) is 1.74. The highest BCUT2D eigenvalue weighted by atomic mass is 16.3. The first-order valence-corrected chi connectivity index (χ1v) is 5.98. The van der Waals surface area contributed by atoms with Crippen molar-refractivity contribution in [1.29, 1.82) is 0 Å². The average Bonchev–Trinajstić information content (AvgIpc) is 2.35. The van der Waals surface area contributed by atoms with Crippen LogP contribution in [0.25, 0.3) is 0 Å². The van der Waals surface area contributed by atoms with E-state index in [1.165, 1.54) is 11.1 Å². The Morgan fingerprint density at radius 3 is 2.44 bits per heavy atom. The standard InChI is InChI=1S/C16H17NO/c1-11-7-8-15(9-13(11)3)17-10-14-6-4-5-12(2)16(14)18/h4-10,18H,1-3H3. The normalized spacial score (nSPS) is 11.1. The zero-order valence-electron chi connectivity index (χ0n) is 10.9. The van der Waals surface area contributed by atoms with Crippen LogP contribution in [0.2, 0.25) is 0 Å². The molecule has 2 nitrogen and oxygen atoms in total. The Kier molecular flexibility index (Phi) is 3.47. The molecule has 0 aliphatic rings. The van der Waals surface area contributed by atoms with Gasteiger partial charge in [-0.2, -0.15) is 0 Å². The number of phenolic OH excluding ortho intramolecular Hbond substituents is 1. The second-order valence-corrected chi connectivity index (χ2v) is 4.54. The van der Waals surface area contributed by atoms with Gasteiger partial charge < -0.3 is 5.11 Å². The van der Waals surface area contributed by atoms with Gasteiger partial charge >= 0.3 is 0 Å². The van der Waals surface area contributed by atoms with Crippen molar-refractivity contribution in [2.75, 3.05) is 0 Å². The Hall–Kier alpha value is -2.09. The van der Waals surface area contributed by atoms with Crippen LogP contribution in [0.15, 0.2) is 41.4 Å². The van der Waals surface area contributed by atoms with Crippen LogP contribution in [0.3, 0.4) is 0 Å². The second-order valence-electron chi connectivity index (χ2n) is 4.54. The summed E-state index contributed by atoms with van der Waals surface area (Å²) in [5.74, 6) is 0.296. The van der Waals surface area contributed by atoms with Crippen LogP contribution in [0, 0.1) is 20.8 Å². The van der Waals surface area contributed by atoms with Crippen molar-refractivity contribution in [2.45, 2.75) is 20.8 Å². The molecule has 1 N–H and O–H groups in total. The van der Waals surface area contributed by atoms with Crippen LogP contribution in [0.5, 0.6) is 5.75 Å². The van der Waals surface area contributed by atoms with Crippen LogP contribution < -0.4 is 0 Å². The number of aromatic hydroxyl groups is 1. The molecular formula is C16H17NO. The van der Waals surface area contributed by atoms with Crippen LogP contribution >= 0.6 is 0 Å². The minimum absolute atomic E-state index is 0.296. The molecule has 0 spiro atoms. The van der Waals surface area contributed by atoms with Crippen molar-refractivity contribution in [1.82, 2.24) is 0 Å². The topological polar surface area (TPSA) is 32.6 Å². The van der Waals surface area contributed by atoms with E-state index < -0.39 is 0 Å². The molecule has 0 bridgehead atoms. The quantitative estimate of drug-likeness (QED) is 0.787. The van der Waals surface area contributed by atoms with Gasteiger partial charge in [0.05, 0.1) is 5.69 Å². The molecule has 18 heavy (non-hydrogen) atoms. The number of benzene rings is 2. The zero-order valence-corrected chi connectivity index (χ0v) is 10.9. The fourth-order valence-electron chi connectivity index (χ4n) is 1.74. The molecule has 0 unspecified atom stereocenters. The first-order chi connectivity index (χ1) is 8.58. The summed E-state index contributed by atoms with van der Waals surface area (Å²) in [6.45, 7) is 6.02. The van der Waals surface area contributed by atoms with Crippen LogP contribution in [0.1, 0.15) is 22.3 Å². The number of hydrogen-bond acceptors (Lipinski definition) is 2. The van der Waals surface area contributed by atoms with Crippen molar-refractivity contribution >= 4 is 11.9 Å². The molecule has 2 aromatic rings. The van der Waals surface area contributed by atoms with Gasteiger partial charge in [-0.05, 0) is 55.7 Å². The monoisotopic (exact) mass is 239 g/mol. The summed E-state index contributed by atoms with van der Waals surface area (Å²) in [5, 5.41) is 9.88. The van der Waals surface area contributed by atoms with E-state index in [1.54, 1.807) is 6.21 Å². The molecule has 0 amide bonds. The van der Waals surface area contributed by atoms with Crippen LogP contribution in [0.4, 0.5) is 5.69 Å². The number of hydrogen-bond donors (Lipinski definition) is 1. The van der Waals surface area contributed by atoms with Gasteiger partial charge in [-0.15, -0.1) is 0 Å². The van der Waals surface area contributed by atoms with Gasteiger partial charge in [-0.1, -0.05) is 18.2 Å². The molecule has 0 aliphatic heterocycles. The summed E-state index contributed by atoms with van der Waals surface area (Å²) in [6.07, 6.45) is 1.70. The Labute approximate surface area is 108 Å². The Morgan fingerprint density at radius 1 is 0.944 bits per heavy atom. The van der Waals surface area contributed by atoms with Crippen LogP contribution in [-0.2, 0) is 0 Å². The van der Waals surface area contributed by atoms with Crippen molar-refractivity contribution in [3.63, 3.8) is 0 Å². The van der Waals surface area contributed by atoms with Crippen molar-refractivity contribution < 1.29 is 5.11 Å². The third kappa shape index (κ3) is 2.59.